The summed E-state index contributed by atoms with van der Waals surface area (Å²) in [5.74, 6) is 1.57. The second kappa shape index (κ2) is 11.1. The molecule has 0 saturated carbocycles. The van der Waals surface area contributed by atoms with Crippen LogP contribution < -0.4 is 14.2 Å². The van der Waals surface area contributed by atoms with E-state index in [1.165, 1.54) is 0 Å². The highest BCUT2D eigenvalue weighted by molar-refractivity contribution is 6.00. The molecular weight excluding hydrogens is 476 g/mol. The SMILES string of the molecule is CC1(C)CCc2c(ccc(CO)c2OCC(=O)c2ccc(-c3ccccc3)cc2OCc2ccccc2)O1. The van der Waals surface area contributed by atoms with Gasteiger partial charge in [-0.15, -0.1) is 0 Å². The van der Waals surface area contributed by atoms with Crippen molar-refractivity contribution in [3.63, 3.8) is 0 Å². The number of aliphatic hydroxyl groups excluding tert-OH is 1. The van der Waals surface area contributed by atoms with E-state index in [4.69, 9.17) is 14.2 Å². The molecule has 5 nitrogen and oxygen atoms in total. The zero-order valence-electron chi connectivity index (χ0n) is 21.8. The van der Waals surface area contributed by atoms with Crippen LogP contribution >= 0.6 is 0 Å². The molecule has 4 aromatic carbocycles. The fourth-order valence-electron chi connectivity index (χ4n) is 4.70. The Balaban J connectivity index is 1.41. The fraction of sp³-hybridized carbons (Fsp3) is 0.242. The van der Waals surface area contributed by atoms with Crippen LogP contribution in [-0.4, -0.2) is 23.1 Å². The van der Waals surface area contributed by atoms with E-state index in [0.717, 1.165) is 40.8 Å². The molecule has 0 radical (unpaired) electrons. The average molecular weight is 509 g/mol. The second-order valence-electron chi connectivity index (χ2n) is 10.1. The summed E-state index contributed by atoms with van der Waals surface area (Å²) >= 11 is 0. The number of hydrogen-bond donors (Lipinski definition) is 1. The minimum absolute atomic E-state index is 0.181. The van der Waals surface area contributed by atoms with Gasteiger partial charge in [0, 0.05) is 11.1 Å². The van der Waals surface area contributed by atoms with Gasteiger partial charge < -0.3 is 19.3 Å². The Morgan fingerprint density at radius 1 is 0.895 bits per heavy atom. The van der Waals surface area contributed by atoms with Crippen LogP contribution in [0.3, 0.4) is 0 Å². The molecule has 5 heteroatoms. The summed E-state index contributed by atoms with van der Waals surface area (Å²) in [6.07, 6.45) is 1.56. The number of ketones is 1. The van der Waals surface area contributed by atoms with Crippen LogP contribution in [0.2, 0.25) is 0 Å². The molecule has 0 spiro atoms. The van der Waals surface area contributed by atoms with Crippen molar-refractivity contribution in [2.45, 2.75) is 45.5 Å². The highest BCUT2D eigenvalue weighted by atomic mass is 16.5. The van der Waals surface area contributed by atoms with E-state index in [1.54, 1.807) is 12.1 Å². The molecule has 194 valence electrons. The normalized spacial score (nSPS) is 13.8. The monoisotopic (exact) mass is 508 g/mol. The lowest BCUT2D eigenvalue weighted by Crippen LogP contribution is -2.33. The maximum absolute atomic E-state index is 13.5. The Bertz CT molecular complexity index is 1410. The van der Waals surface area contributed by atoms with Crippen molar-refractivity contribution in [3.8, 4) is 28.4 Å². The minimum Gasteiger partial charge on any atom is -0.488 e. The van der Waals surface area contributed by atoms with Crippen LogP contribution in [-0.2, 0) is 19.6 Å². The van der Waals surface area contributed by atoms with Crippen molar-refractivity contribution in [2.24, 2.45) is 0 Å². The topological polar surface area (TPSA) is 65.0 Å². The molecule has 0 aromatic heterocycles. The van der Waals surface area contributed by atoms with E-state index in [9.17, 15) is 9.90 Å². The van der Waals surface area contributed by atoms with Gasteiger partial charge >= 0.3 is 0 Å². The quantitative estimate of drug-likeness (QED) is 0.252. The summed E-state index contributed by atoms with van der Waals surface area (Å²) in [6.45, 7) is 4.08. The van der Waals surface area contributed by atoms with E-state index in [1.807, 2.05) is 78.9 Å². The first kappa shape index (κ1) is 25.6. The first-order valence-electron chi connectivity index (χ1n) is 12.9. The van der Waals surface area contributed by atoms with Crippen LogP contribution in [0.1, 0.15) is 47.3 Å². The molecule has 38 heavy (non-hydrogen) atoms. The average Bonchev–Trinajstić information content (AvgIpc) is 2.94. The third-order valence-corrected chi connectivity index (χ3v) is 6.81. The molecule has 0 unspecified atom stereocenters. The van der Waals surface area contributed by atoms with Crippen molar-refractivity contribution in [1.29, 1.82) is 0 Å². The second-order valence-corrected chi connectivity index (χ2v) is 10.1. The van der Waals surface area contributed by atoms with Gasteiger partial charge in [-0.1, -0.05) is 66.7 Å². The number of carbonyl (C=O) groups excluding carboxylic acids is 1. The van der Waals surface area contributed by atoms with Gasteiger partial charge in [0.25, 0.3) is 0 Å². The molecule has 1 N–H and O–H groups in total. The standard InChI is InChI=1S/C33H32O5/c1-33(2)18-17-28-30(38-33)16-14-26(20-34)32(28)37-22-29(35)27-15-13-25(24-11-7-4-8-12-24)19-31(27)36-21-23-9-5-3-6-10-23/h3-16,19,34H,17-18,20-22H2,1-2H3. The molecule has 1 aliphatic rings. The predicted octanol–water partition coefficient (Wildman–Crippen LogP) is 6.79. The van der Waals surface area contributed by atoms with Gasteiger partial charge in [0.2, 0.25) is 5.78 Å². The van der Waals surface area contributed by atoms with E-state index in [-0.39, 0.29) is 24.6 Å². The summed E-state index contributed by atoms with van der Waals surface area (Å²) in [4.78, 5) is 13.5. The lowest BCUT2D eigenvalue weighted by molar-refractivity contribution is 0.0813. The highest BCUT2D eigenvalue weighted by Crippen LogP contribution is 2.40. The Hall–Kier alpha value is -4.09. The maximum atomic E-state index is 13.5. The Kier molecular flexibility index (Phi) is 7.47. The molecule has 4 aromatic rings. The number of aliphatic hydroxyl groups is 1. The van der Waals surface area contributed by atoms with Gasteiger partial charge in [0.05, 0.1) is 12.2 Å². The van der Waals surface area contributed by atoms with Crippen molar-refractivity contribution in [2.75, 3.05) is 6.61 Å². The lowest BCUT2D eigenvalue weighted by Gasteiger charge is -2.33. The van der Waals surface area contributed by atoms with Crippen LogP contribution in [0.15, 0.2) is 91.0 Å². The summed E-state index contributed by atoms with van der Waals surface area (Å²) in [5.41, 5.74) is 4.73. The summed E-state index contributed by atoms with van der Waals surface area (Å²) in [5, 5.41) is 9.94. The summed E-state index contributed by atoms with van der Waals surface area (Å²) in [6, 6.07) is 29.2. The molecule has 0 fully saturated rings. The molecule has 0 aliphatic carbocycles. The zero-order valence-corrected chi connectivity index (χ0v) is 21.8. The van der Waals surface area contributed by atoms with E-state index >= 15 is 0 Å². The van der Waals surface area contributed by atoms with Crippen molar-refractivity contribution >= 4 is 5.78 Å². The number of ether oxygens (including phenoxy) is 3. The highest BCUT2D eigenvalue weighted by Gasteiger charge is 2.30. The maximum Gasteiger partial charge on any atom is 0.203 e. The number of rotatable bonds is 9. The van der Waals surface area contributed by atoms with E-state index in [0.29, 0.717) is 29.2 Å². The largest absolute Gasteiger partial charge is 0.488 e. The molecule has 0 saturated heterocycles. The van der Waals surface area contributed by atoms with Gasteiger partial charge in [-0.3, -0.25) is 4.79 Å². The van der Waals surface area contributed by atoms with Gasteiger partial charge in [0.1, 0.15) is 29.5 Å². The van der Waals surface area contributed by atoms with Crippen molar-refractivity contribution in [3.05, 3.63) is 113 Å². The number of benzene rings is 4. The first-order valence-corrected chi connectivity index (χ1v) is 12.9. The molecular formula is C33H32O5. The number of hydrogen-bond acceptors (Lipinski definition) is 5. The number of fused-ring (bicyclic) bond motifs is 1. The van der Waals surface area contributed by atoms with Gasteiger partial charge in [-0.2, -0.15) is 0 Å². The summed E-state index contributed by atoms with van der Waals surface area (Å²) < 4.78 is 18.4. The van der Waals surface area contributed by atoms with E-state index in [2.05, 4.69) is 13.8 Å². The van der Waals surface area contributed by atoms with Gasteiger partial charge in [0.15, 0.2) is 6.61 Å². The molecule has 1 aliphatic heterocycles. The molecule has 0 amide bonds. The Morgan fingerprint density at radius 3 is 2.37 bits per heavy atom. The molecule has 5 rings (SSSR count). The van der Waals surface area contributed by atoms with Crippen molar-refractivity contribution < 1.29 is 24.1 Å². The van der Waals surface area contributed by atoms with Gasteiger partial charge in [-0.05, 0) is 67.6 Å². The zero-order chi connectivity index (χ0) is 26.5. The molecule has 0 bridgehead atoms. The summed E-state index contributed by atoms with van der Waals surface area (Å²) in [7, 11) is 0. The van der Waals surface area contributed by atoms with Crippen LogP contribution in [0.25, 0.3) is 11.1 Å². The predicted molar refractivity (Wildman–Crippen MR) is 148 cm³/mol. The van der Waals surface area contributed by atoms with E-state index < -0.39 is 0 Å². The van der Waals surface area contributed by atoms with Crippen LogP contribution in [0.4, 0.5) is 0 Å². The number of carbonyl (C=O) groups is 1. The minimum atomic E-state index is -0.272. The third kappa shape index (κ3) is 5.74. The molecule has 1 heterocycles. The van der Waals surface area contributed by atoms with Gasteiger partial charge in [-0.25, -0.2) is 0 Å². The Morgan fingerprint density at radius 2 is 1.63 bits per heavy atom. The third-order valence-electron chi connectivity index (χ3n) is 6.81. The van der Waals surface area contributed by atoms with Crippen LogP contribution in [0, 0.1) is 0 Å². The smallest absolute Gasteiger partial charge is 0.203 e. The lowest BCUT2D eigenvalue weighted by atomic mass is 9.92. The van der Waals surface area contributed by atoms with Crippen molar-refractivity contribution in [1.82, 2.24) is 0 Å². The fourth-order valence-corrected chi connectivity index (χ4v) is 4.70. The molecule has 0 atom stereocenters. The number of Topliss-reactive ketones (excluding diaryl/α,β-unsaturated/α-hetero) is 1. The van der Waals surface area contributed by atoms with Crippen LogP contribution in [0.5, 0.6) is 17.2 Å². The Labute approximate surface area is 223 Å². The first-order chi connectivity index (χ1) is 18.4.